The Morgan fingerprint density at radius 3 is 2.79 bits per heavy atom. The lowest BCUT2D eigenvalue weighted by molar-refractivity contribution is 0.0695. The Morgan fingerprint density at radius 2 is 2.17 bits per heavy atom. The lowest BCUT2D eigenvalue weighted by Crippen LogP contribution is -2.27. The molecule has 0 bridgehead atoms. The van der Waals surface area contributed by atoms with Gasteiger partial charge in [0.05, 0.1) is 16.6 Å². The summed E-state index contributed by atoms with van der Waals surface area (Å²) in [4.78, 5) is 26.4. The number of carbonyl (C=O) groups is 1. The van der Waals surface area contributed by atoms with Crippen molar-refractivity contribution in [3.05, 3.63) is 46.0 Å². The number of carboxylic acid groups (broad SMARTS) is 1. The normalized spacial score (nSPS) is 19.1. The van der Waals surface area contributed by atoms with Crippen LogP contribution in [-0.2, 0) is 0 Å². The maximum Gasteiger partial charge on any atom is 0.341 e. The highest BCUT2D eigenvalue weighted by Crippen LogP contribution is 2.41. The van der Waals surface area contributed by atoms with Gasteiger partial charge in [0, 0.05) is 30.9 Å². The van der Waals surface area contributed by atoms with E-state index in [0.717, 1.165) is 45.4 Å². The number of nitrogens with one attached hydrogen (secondary N) is 1. The number of halogens is 1. The average molecular weight is 399 g/mol. The molecule has 1 aromatic heterocycles. The zero-order chi connectivity index (χ0) is 20.7. The van der Waals surface area contributed by atoms with Crippen LogP contribution in [0, 0.1) is 11.7 Å². The molecule has 1 saturated carbocycles. The lowest BCUT2D eigenvalue weighted by atomic mass is 10.0. The summed E-state index contributed by atoms with van der Waals surface area (Å²) in [6.45, 7) is 9.22. The Balaban J connectivity index is 1.89. The largest absolute Gasteiger partial charge is 0.477 e. The number of pyridine rings is 1. The SMILES string of the molecule is C=Cc1c(N2CCC(CNCC)C2)c(F)cc2c(=O)c(C(=O)O)cn(C3CC3)c12. The third kappa shape index (κ3) is 3.44. The Labute approximate surface area is 168 Å². The fourth-order valence-corrected chi connectivity index (χ4v) is 4.37. The number of anilines is 1. The molecular weight excluding hydrogens is 373 g/mol. The van der Waals surface area contributed by atoms with Gasteiger partial charge in [0.15, 0.2) is 0 Å². The first-order valence-corrected chi connectivity index (χ1v) is 10.2. The number of aromatic nitrogens is 1. The maximum atomic E-state index is 15.3. The third-order valence-electron chi connectivity index (χ3n) is 5.94. The molecule has 6 nitrogen and oxygen atoms in total. The summed E-state index contributed by atoms with van der Waals surface area (Å²) in [6.07, 6.45) is 5.80. The van der Waals surface area contributed by atoms with E-state index < -0.39 is 17.2 Å². The summed E-state index contributed by atoms with van der Waals surface area (Å²) in [5.41, 5.74) is 0.653. The van der Waals surface area contributed by atoms with Crippen LogP contribution in [0.4, 0.5) is 10.1 Å². The quantitative estimate of drug-likeness (QED) is 0.748. The molecule has 7 heteroatoms. The topological polar surface area (TPSA) is 74.6 Å². The fourth-order valence-electron chi connectivity index (χ4n) is 4.37. The lowest BCUT2D eigenvalue weighted by Gasteiger charge is -2.24. The molecule has 1 saturated heterocycles. The minimum Gasteiger partial charge on any atom is -0.477 e. The summed E-state index contributed by atoms with van der Waals surface area (Å²) in [5.74, 6) is -1.36. The van der Waals surface area contributed by atoms with E-state index in [1.165, 1.54) is 12.3 Å². The van der Waals surface area contributed by atoms with Crippen LogP contribution >= 0.6 is 0 Å². The van der Waals surface area contributed by atoms with Gasteiger partial charge < -0.3 is 19.9 Å². The molecule has 4 rings (SSSR count). The summed E-state index contributed by atoms with van der Waals surface area (Å²) >= 11 is 0. The van der Waals surface area contributed by atoms with Crippen molar-refractivity contribution < 1.29 is 14.3 Å². The second-order valence-electron chi connectivity index (χ2n) is 7.94. The minimum atomic E-state index is -1.29. The molecular formula is C22H26FN3O3. The zero-order valence-corrected chi connectivity index (χ0v) is 16.6. The van der Waals surface area contributed by atoms with Gasteiger partial charge in [0.1, 0.15) is 11.4 Å². The number of hydrogen-bond acceptors (Lipinski definition) is 4. The van der Waals surface area contributed by atoms with Crippen molar-refractivity contribution in [2.24, 2.45) is 5.92 Å². The second-order valence-corrected chi connectivity index (χ2v) is 7.94. The second kappa shape index (κ2) is 7.63. The predicted molar refractivity (Wildman–Crippen MR) is 112 cm³/mol. The van der Waals surface area contributed by atoms with Crippen LogP contribution in [-0.4, -0.2) is 41.8 Å². The van der Waals surface area contributed by atoms with Crippen LogP contribution in [0.3, 0.4) is 0 Å². The van der Waals surface area contributed by atoms with Crippen molar-refractivity contribution in [3.8, 4) is 0 Å². The smallest absolute Gasteiger partial charge is 0.341 e. The van der Waals surface area contributed by atoms with Gasteiger partial charge in [-0.3, -0.25) is 4.79 Å². The van der Waals surface area contributed by atoms with E-state index in [1.54, 1.807) is 6.08 Å². The Hall–Kier alpha value is -2.67. The number of carboxylic acids is 1. The van der Waals surface area contributed by atoms with Gasteiger partial charge in [-0.25, -0.2) is 9.18 Å². The molecule has 2 heterocycles. The van der Waals surface area contributed by atoms with E-state index in [4.69, 9.17) is 0 Å². The van der Waals surface area contributed by atoms with E-state index in [2.05, 4.69) is 18.8 Å². The molecule has 1 unspecified atom stereocenters. The molecule has 1 atom stereocenters. The van der Waals surface area contributed by atoms with E-state index in [-0.39, 0.29) is 17.0 Å². The molecule has 0 radical (unpaired) electrons. The molecule has 0 amide bonds. The molecule has 2 fully saturated rings. The molecule has 29 heavy (non-hydrogen) atoms. The van der Waals surface area contributed by atoms with Crippen LogP contribution in [0.25, 0.3) is 17.0 Å². The summed E-state index contributed by atoms with van der Waals surface area (Å²) in [6, 6.07) is 1.34. The van der Waals surface area contributed by atoms with Gasteiger partial charge in [-0.15, -0.1) is 0 Å². The number of hydrogen-bond donors (Lipinski definition) is 2. The van der Waals surface area contributed by atoms with Crippen molar-refractivity contribution in [2.75, 3.05) is 31.1 Å². The fraction of sp³-hybridized carbons (Fsp3) is 0.455. The van der Waals surface area contributed by atoms with Crippen molar-refractivity contribution in [1.82, 2.24) is 9.88 Å². The number of fused-ring (bicyclic) bond motifs is 1. The molecule has 1 aromatic carbocycles. The average Bonchev–Trinajstić information content (AvgIpc) is 3.44. The zero-order valence-electron chi connectivity index (χ0n) is 16.6. The van der Waals surface area contributed by atoms with Crippen molar-refractivity contribution in [1.29, 1.82) is 0 Å². The number of rotatable bonds is 7. The highest BCUT2D eigenvalue weighted by Gasteiger charge is 2.31. The highest BCUT2D eigenvalue weighted by atomic mass is 19.1. The van der Waals surface area contributed by atoms with E-state index >= 15 is 4.39 Å². The van der Waals surface area contributed by atoms with Crippen LogP contribution in [0.1, 0.15) is 48.1 Å². The van der Waals surface area contributed by atoms with Gasteiger partial charge in [-0.05, 0) is 44.3 Å². The summed E-state index contributed by atoms with van der Waals surface area (Å²) in [7, 11) is 0. The van der Waals surface area contributed by atoms with Crippen molar-refractivity contribution in [3.63, 3.8) is 0 Å². The number of benzene rings is 1. The van der Waals surface area contributed by atoms with Crippen LogP contribution in [0.15, 0.2) is 23.6 Å². The first kappa shape index (κ1) is 19.6. The van der Waals surface area contributed by atoms with E-state index in [0.29, 0.717) is 22.7 Å². The highest BCUT2D eigenvalue weighted by molar-refractivity contribution is 5.98. The Bertz CT molecular complexity index is 1040. The van der Waals surface area contributed by atoms with Gasteiger partial charge in [0.2, 0.25) is 5.43 Å². The number of aromatic carboxylic acids is 1. The molecule has 2 aliphatic rings. The molecule has 1 aliphatic heterocycles. The molecule has 0 spiro atoms. The molecule has 1 aliphatic carbocycles. The number of nitrogens with zero attached hydrogens (tertiary/aromatic N) is 2. The van der Waals surface area contributed by atoms with Gasteiger partial charge in [0.25, 0.3) is 0 Å². The molecule has 2 N–H and O–H groups in total. The van der Waals surface area contributed by atoms with Crippen LogP contribution in [0.5, 0.6) is 0 Å². The maximum absolute atomic E-state index is 15.3. The van der Waals surface area contributed by atoms with Crippen LogP contribution < -0.4 is 15.6 Å². The Kier molecular flexibility index (Phi) is 5.17. The van der Waals surface area contributed by atoms with E-state index in [9.17, 15) is 14.7 Å². The van der Waals surface area contributed by atoms with Crippen LogP contribution in [0.2, 0.25) is 0 Å². The van der Waals surface area contributed by atoms with Gasteiger partial charge >= 0.3 is 5.97 Å². The monoisotopic (exact) mass is 399 g/mol. The van der Waals surface area contributed by atoms with Gasteiger partial charge in [-0.2, -0.15) is 0 Å². The Morgan fingerprint density at radius 1 is 1.41 bits per heavy atom. The predicted octanol–water partition coefficient (Wildman–Crippen LogP) is 3.25. The minimum absolute atomic E-state index is 0.108. The third-order valence-corrected chi connectivity index (χ3v) is 5.94. The molecule has 154 valence electrons. The first-order chi connectivity index (χ1) is 14.0. The summed E-state index contributed by atoms with van der Waals surface area (Å²) < 4.78 is 17.1. The first-order valence-electron chi connectivity index (χ1n) is 10.2. The standard InChI is InChI=1S/C22H26FN3O3/c1-3-15-19-16(21(27)17(22(28)29)12-26(19)14-5-6-14)9-18(23)20(15)25-8-7-13(11-25)10-24-4-2/h3,9,12-14,24H,1,4-8,10-11H2,2H3,(H,28,29). The molecule has 2 aromatic rings. The van der Waals surface area contributed by atoms with E-state index in [1.807, 2.05) is 9.47 Å². The van der Waals surface area contributed by atoms with Gasteiger partial charge in [-0.1, -0.05) is 19.6 Å². The van der Waals surface area contributed by atoms with Crippen molar-refractivity contribution in [2.45, 2.75) is 32.2 Å². The summed E-state index contributed by atoms with van der Waals surface area (Å²) in [5, 5.41) is 12.9. The van der Waals surface area contributed by atoms with Crippen molar-refractivity contribution >= 4 is 28.6 Å².